The van der Waals surface area contributed by atoms with Crippen LogP contribution in [0.2, 0.25) is 0 Å². The SMILES string of the molecule is COc1ccc([C@@H]2C(C(=O)Nc3ccc(C)cn3)=C(C)NC3=C2C(=O)C[C@H](c2ccccc2)C3)cc1COc1ccccc1C(N)=O. The number of amides is 2. The number of rotatable bonds is 9. The number of Topliss-reactive ketones (excluding diaryl/α,β-unsaturated/α-hetero) is 1. The smallest absolute Gasteiger partial charge is 0.255 e. The van der Waals surface area contributed by atoms with Gasteiger partial charge in [-0.1, -0.05) is 54.6 Å². The maximum atomic E-state index is 14.1. The van der Waals surface area contributed by atoms with Crippen LogP contribution >= 0.6 is 0 Å². The van der Waals surface area contributed by atoms with Crippen molar-refractivity contribution in [1.29, 1.82) is 0 Å². The average Bonchev–Trinajstić information content (AvgIpc) is 3.08. The Balaban J connectivity index is 1.41. The number of ether oxygens (including phenoxy) is 2. The number of pyridine rings is 1. The first kappa shape index (κ1) is 31.3. The van der Waals surface area contributed by atoms with Crippen molar-refractivity contribution in [2.75, 3.05) is 12.4 Å². The minimum atomic E-state index is -0.663. The predicted molar refractivity (Wildman–Crippen MR) is 179 cm³/mol. The topological polar surface area (TPSA) is 133 Å². The Labute approximate surface area is 273 Å². The molecule has 0 bridgehead atoms. The molecule has 9 nitrogen and oxygen atoms in total. The molecular formula is C38H36N4O5. The van der Waals surface area contributed by atoms with Gasteiger partial charge in [-0.25, -0.2) is 4.98 Å². The first-order chi connectivity index (χ1) is 22.7. The van der Waals surface area contributed by atoms with E-state index in [9.17, 15) is 14.4 Å². The van der Waals surface area contributed by atoms with Crippen molar-refractivity contribution in [3.05, 3.63) is 141 Å². The van der Waals surface area contributed by atoms with Crippen molar-refractivity contribution in [3.63, 3.8) is 0 Å². The van der Waals surface area contributed by atoms with Gasteiger partial charge in [-0.05, 0) is 73.2 Å². The van der Waals surface area contributed by atoms with Crippen molar-refractivity contribution >= 4 is 23.4 Å². The molecule has 0 unspecified atom stereocenters. The molecule has 4 N–H and O–H groups in total. The van der Waals surface area contributed by atoms with Crippen LogP contribution in [0.1, 0.15) is 64.2 Å². The molecule has 6 rings (SSSR count). The van der Waals surface area contributed by atoms with Gasteiger partial charge in [-0.15, -0.1) is 0 Å². The number of aromatic nitrogens is 1. The van der Waals surface area contributed by atoms with Gasteiger partial charge in [0, 0.05) is 46.6 Å². The molecule has 0 radical (unpaired) electrons. The number of anilines is 1. The second kappa shape index (κ2) is 13.3. The molecule has 4 aromatic rings. The lowest BCUT2D eigenvalue weighted by atomic mass is 9.71. The van der Waals surface area contributed by atoms with Crippen molar-refractivity contribution in [3.8, 4) is 11.5 Å². The standard InChI is InChI=1S/C38H36N4O5/c1-22-13-16-33(40-20-22)42-38(45)34-23(2)41-29-18-26(24-9-5-4-6-10-24)19-30(43)36(29)35(34)25-14-15-31(46-3)27(17-25)21-47-32-12-8-7-11-28(32)37(39)44/h4-17,20,26,35,41H,18-19,21H2,1-3H3,(H2,39,44)(H,40,42,45)/t26-,35-/m1/s1. The number of hydrogen-bond donors (Lipinski definition) is 3. The lowest BCUT2D eigenvalue weighted by molar-refractivity contribution is -0.116. The molecule has 1 aliphatic heterocycles. The van der Waals surface area contributed by atoms with Crippen LogP contribution in [0.25, 0.3) is 0 Å². The second-order valence-corrected chi connectivity index (χ2v) is 11.8. The first-order valence-electron chi connectivity index (χ1n) is 15.4. The van der Waals surface area contributed by atoms with E-state index in [1.54, 1.807) is 43.6 Å². The molecule has 2 heterocycles. The molecule has 2 atom stereocenters. The highest BCUT2D eigenvalue weighted by Crippen LogP contribution is 2.46. The van der Waals surface area contributed by atoms with Gasteiger partial charge in [0.25, 0.3) is 11.8 Å². The zero-order valence-corrected chi connectivity index (χ0v) is 26.5. The number of ketones is 1. The average molecular weight is 629 g/mol. The van der Waals surface area contributed by atoms with Crippen molar-refractivity contribution in [2.24, 2.45) is 5.73 Å². The summed E-state index contributed by atoms with van der Waals surface area (Å²) in [7, 11) is 1.56. The van der Waals surface area contributed by atoms with Gasteiger partial charge in [0.1, 0.15) is 23.9 Å². The number of aryl methyl sites for hydroxylation is 1. The molecule has 2 aliphatic rings. The molecule has 0 saturated heterocycles. The third kappa shape index (κ3) is 6.51. The van der Waals surface area contributed by atoms with Crippen molar-refractivity contribution in [1.82, 2.24) is 10.3 Å². The Bertz CT molecular complexity index is 1910. The highest BCUT2D eigenvalue weighted by atomic mass is 16.5. The second-order valence-electron chi connectivity index (χ2n) is 11.8. The van der Waals surface area contributed by atoms with E-state index in [4.69, 9.17) is 15.2 Å². The number of para-hydroxylation sites is 1. The number of nitrogens with two attached hydrogens (primary N) is 1. The number of allylic oxidation sites excluding steroid dienone is 3. The van der Waals surface area contributed by atoms with Crippen LogP contribution in [-0.4, -0.2) is 29.7 Å². The fourth-order valence-electron chi connectivity index (χ4n) is 6.40. The van der Waals surface area contributed by atoms with Gasteiger partial charge < -0.3 is 25.8 Å². The highest BCUT2D eigenvalue weighted by molar-refractivity contribution is 6.09. The van der Waals surface area contributed by atoms with Crippen LogP contribution in [-0.2, 0) is 16.2 Å². The molecule has 3 aromatic carbocycles. The molecule has 0 spiro atoms. The predicted octanol–water partition coefficient (Wildman–Crippen LogP) is 6.08. The van der Waals surface area contributed by atoms with E-state index in [2.05, 4.69) is 15.6 Å². The number of methoxy groups -OCH3 is 1. The van der Waals surface area contributed by atoms with Gasteiger partial charge in [-0.3, -0.25) is 14.4 Å². The quantitative estimate of drug-likeness (QED) is 0.205. The Kier molecular flexibility index (Phi) is 8.88. The Morgan fingerprint density at radius 2 is 1.70 bits per heavy atom. The van der Waals surface area contributed by atoms with E-state index in [1.807, 2.05) is 68.4 Å². The number of benzene rings is 3. The van der Waals surface area contributed by atoms with Crippen LogP contribution in [0, 0.1) is 6.92 Å². The molecule has 2 amide bonds. The van der Waals surface area contributed by atoms with E-state index in [0.717, 1.165) is 22.4 Å². The summed E-state index contributed by atoms with van der Waals surface area (Å²) in [4.78, 5) is 44.6. The maximum Gasteiger partial charge on any atom is 0.255 e. The minimum absolute atomic E-state index is 0.0145. The summed E-state index contributed by atoms with van der Waals surface area (Å²) in [5, 5.41) is 6.38. The molecule has 47 heavy (non-hydrogen) atoms. The number of primary amides is 1. The molecule has 0 fully saturated rings. The largest absolute Gasteiger partial charge is 0.496 e. The molecule has 9 heteroatoms. The monoisotopic (exact) mass is 628 g/mol. The fraction of sp³-hybridized carbons (Fsp3) is 0.211. The summed E-state index contributed by atoms with van der Waals surface area (Å²) >= 11 is 0. The van der Waals surface area contributed by atoms with E-state index in [0.29, 0.717) is 52.6 Å². The normalized spacial score (nSPS) is 17.5. The van der Waals surface area contributed by atoms with Crippen molar-refractivity contribution < 1.29 is 23.9 Å². The Morgan fingerprint density at radius 3 is 2.43 bits per heavy atom. The number of carbonyl (C=O) groups excluding carboxylic acids is 3. The number of nitrogens with one attached hydrogen (secondary N) is 2. The van der Waals surface area contributed by atoms with Gasteiger partial charge in [0.15, 0.2) is 5.78 Å². The number of carbonyl (C=O) groups is 3. The zero-order valence-electron chi connectivity index (χ0n) is 26.5. The third-order valence-electron chi connectivity index (χ3n) is 8.67. The number of nitrogens with zero attached hydrogens (tertiary/aromatic N) is 1. The third-order valence-corrected chi connectivity index (χ3v) is 8.67. The lowest BCUT2D eigenvalue weighted by Gasteiger charge is -2.37. The van der Waals surface area contributed by atoms with Gasteiger partial charge in [-0.2, -0.15) is 0 Å². The van der Waals surface area contributed by atoms with Crippen LogP contribution in [0.15, 0.2) is 114 Å². The maximum absolute atomic E-state index is 14.1. The van der Waals surface area contributed by atoms with Gasteiger partial charge in [0.2, 0.25) is 0 Å². The van der Waals surface area contributed by atoms with Crippen LogP contribution in [0.3, 0.4) is 0 Å². The molecule has 1 aromatic heterocycles. The summed E-state index contributed by atoms with van der Waals surface area (Å²) < 4.78 is 11.7. The van der Waals surface area contributed by atoms with Crippen LogP contribution in [0.4, 0.5) is 5.82 Å². The first-order valence-corrected chi connectivity index (χ1v) is 15.4. The molecule has 238 valence electrons. The van der Waals surface area contributed by atoms with Crippen molar-refractivity contribution in [2.45, 2.75) is 45.1 Å². The fourth-order valence-corrected chi connectivity index (χ4v) is 6.40. The summed E-state index contributed by atoms with van der Waals surface area (Å²) in [6.45, 7) is 3.84. The lowest BCUT2D eigenvalue weighted by Crippen LogP contribution is -2.37. The van der Waals surface area contributed by atoms with E-state index in [1.165, 1.54) is 0 Å². The Morgan fingerprint density at radius 1 is 0.936 bits per heavy atom. The minimum Gasteiger partial charge on any atom is -0.496 e. The van der Waals surface area contributed by atoms with E-state index in [-0.39, 0.29) is 29.8 Å². The highest BCUT2D eigenvalue weighted by Gasteiger charge is 2.41. The molecule has 0 saturated carbocycles. The zero-order chi connectivity index (χ0) is 33.1. The molecule has 1 aliphatic carbocycles. The summed E-state index contributed by atoms with van der Waals surface area (Å²) in [6.07, 6.45) is 2.64. The number of dihydropyridines is 1. The van der Waals surface area contributed by atoms with Gasteiger partial charge in [0.05, 0.1) is 12.7 Å². The Hall–Kier alpha value is -5.70. The van der Waals surface area contributed by atoms with Crippen LogP contribution in [0.5, 0.6) is 11.5 Å². The van der Waals surface area contributed by atoms with E-state index < -0.39 is 11.8 Å². The van der Waals surface area contributed by atoms with Gasteiger partial charge >= 0.3 is 0 Å². The summed E-state index contributed by atoms with van der Waals surface area (Å²) in [5.41, 5.74) is 11.8. The summed E-state index contributed by atoms with van der Waals surface area (Å²) in [5.74, 6) is -0.310. The number of hydrogen-bond acceptors (Lipinski definition) is 7. The van der Waals surface area contributed by atoms with E-state index >= 15 is 0 Å². The summed E-state index contributed by atoms with van der Waals surface area (Å²) in [6, 6.07) is 26.0. The molecular weight excluding hydrogens is 592 g/mol. The van der Waals surface area contributed by atoms with Crippen LogP contribution < -0.4 is 25.8 Å².